The van der Waals surface area contributed by atoms with E-state index in [1.165, 1.54) is 0 Å². The lowest BCUT2D eigenvalue weighted by Gasteiger charge is -2.35. The summed E-state index contributed by atoms with van der Waals surface area (Å²) in [5.74, 6) is 1.00. The van der Waals surface area contributed by atoms with Gasteiger partial charge in [0.2, 0.25) is 0 Å². The smallest absolute Gasteiger partial charge is 0.196 e. The second-order valence-corrected chi connectivity index (χ2v) is 4.03. The summed E-state index contributed by atoms with van der Waals surface area (Å²) in [5, 5.41) is 9.57. The van der Waals surface area contributed by atoms with Crippen molar-refractivity contribution in [2.24, 2.45) is 0 Å². The summed E-state index contributed by atoms with van der Waals surface area (Å²) in [5.41, 5.74) is 0. The summed E-state index contributed by atoms with van der Waals surface area (Å²) in [7, 11) is 0. The first-order chi connectivity index (χ1) is 7.20. The average molecular weight is 209 g/mol. The number of carbonyl (C=O) groups excluding carboxylic acids is 1. The van der Waals surface area contributed by atoms with Crippen LogP contribution < -0.4 is 4.90 Å². The van der Waals surface area contributed by atoms with Crippen molar-refractivity contribution in [3.05, 3.63) is 17.9 Å². The molecule has 2 rings (SSSR count). The van der Waals surface area contributed by atoms with Crippen molar-refractivity contribution >= 4 is 12.2 Å². The van der Waals surface area contributed by atoms with Crippen LogP contribution >= 0.6 is 0 Å². The fourth-order valence-corrected chi connectivity index (χ4v) is 1.95. The molecule has 1 aliphatic heterocycles. The average Bonchev–Trinajstić information content (AvgIpc) is 2.70. The predicted molar refractivity (Wildman–Crippen MR) is 56.1 cm³/mol. The van der Waals surface area contributed by atoms with E-state index in [0.29, 0.717) is 30.5 Å². The van der Waals surface area contributed by atoms with Crippen LogP contribution in [0.2, 0.25) is 0 Å². The van der Waals surface area contributed by atoms with Crippen LogP contribution in [0.15, 0.2) is 16.5 Å². The molecule has 1 saturated heterocycles. The van der Waals surface area contributed by atoms with E-state index in [2.05, 4.69) is 6.92 Å². The van der Waals surface area contributed by atoms with Gasteiger partial charge in [-0.1, -0.05) is 0 Å². The van der Waals surface area contributed by atoms with Gasteiger partial charge in [-0.25, -0.2) is 0 Å². The molecule has 0 spiro atoms. The molecule has 82 valence electrons. The van der Waals surface area contributed by atoms with Gasteiger partial charge >= 0.3 is 0 Å². The van der Waals surface area contributed by atoms with Gasteiger partial charge in [-0.05, 0) is 25.8 Å². The number of furan rings is 1. The summed E-state index contributed by atoms with van der Waals surface area (Å²) >= 11 is 0. The normalized spacial score (nSPS) is 26.7. The number of carbonyl (C=O) groups is 1. The van der Waals surface area contributed by atoms with Gasteiger partial charge < -0.3 is 14.4 Å². The van der Waals surface area contributed by atoms with E-state index in [4.69, 9.17) is 4.42 Å². The fraction of sp³-hybridized carbons (Fsp3) is 0.545. The van der Waals surface area contributed by atoms with Crippen LogP contribution in [-0.4, -0.2) is 30.1 Å². The number of hydrogen-bond acceptors (Lipinski definition) is 4. The molecule has 1 N–H and O–H groups in total. The largest absolute Gasteiger partial charge is 0.438 e. The molecule has 1 aromatic rings. The summed E-state index contributed by atoms with van der Waals surface area (Å²) in [6, 6.07) is 3.77. The standard InChI is InChI=1S/C11H15NO3/c1-8-2-3-9(14)6-12(8)11-5-4-10(7-13)15-11/h4-5,7-9,14H,2-3,6H2,1H3/t8-,9+/m1/s1. The highest BCUT2D eigenvalue weighted by Gasteiger charge is 2.26. The summed E-state index contributed by atoms with van der Waals surface area (Å²) in [6.45, 7) is 2.67. The third-order valence-corrected chi connectivity index (χ3v) is 2.87. The minimum Gasteiger partial charge on any atom is -0.438 e. The Kier molecular flexibility index (Phi) is 2.77. The molecule has 0 radical (unpaired) electrons. The van der Waals surface area contributed by atoms with Crippen LogP contribution in [-0.2, 0) is 0 Å². The lowest BCUT2D eigenvalue weighted by Crippen LogP contribution is -2.44. The van der Waals surface area contributed by atoms with E-state index in [1.54, 1.807) is 12.1 Å². The zero-order valence-electron chi connectivity index (χ0n) is 8.72. The second kappa shape index (κ2) is 4.06. The second-order valence-electron chi connectivity index (χ2n) is 4.03. The number of aliphatic hydroxyl groups excluding tert-OH is 1. The Morgan fingerprint density at radius 2 is 2.33 bits per heavy atom. The van der Waals surface area contributed by atoms with Crippen molar-refractivity contribution < 1.29 is 14.3 Å². The third-order valence-electron chi connectivity index (χ3n) is 2.87. The lowest BCUT2D eigenvalue weighted by molar-refractivity contribution is 0.109. The van der Waals surface area contributed by atoms with Crippen LogP contribution in [0.3, 0.4) is 0 Å². The number of aldehydes is 1. The first-order valence-corrected chi connectivity index (χ1v) is 5.20. The number of hydrogen-bond donors (Lipinski definition) is 1. The van der Waals surface area contributed by atoms with Gasteiger partial charge in [0.25, 0.3) is 0 Å². The van der Waals surface area contributed by atoms with E-state index >= 15 is 0 Å². The van der Waals surface area contributed by atoms with Crippen molar-refractivity contribution in [1.29, 1.82) is 0 Å². The quantitative estimate of drug-likeness (QED) is 0.749. The molecular formula is C11H15NO3. The number of β-amino-alcohol motifs (C(OH)–C–C–N with tert-alkyl or cyclic N) is 1. The number of aliphatic hydroxyl groups is 1. The molecule has 2 atom stereocenters. The van der Waals surface area contributed by atoms with Crippen LogP contribution in [0.4, 0.5) is 5.88 Å². The molecule has 4 nitrogen and oxygen atoms in total. The molecule has 15 heavy (non-hydrogen) atoms. The van der Waals surface area contributed by atoms with Crippen molar-refractivity contribution in [1.82, 2.24) is 0 Å². The Hall–Kier alpha value is -1.29. The van der Waals surface area contributed by atoms with Gasteiger partial charge in [0.15, 0.2) is 17.9 Å². The van der Waals surface area contributed by atoms with Gasteiger partial charge in [0.05, 0.1) is 6.10 Å². The molecule has 0 aliphatic carbocycles. The zero-order valence-corrected chi connectivity index (χ0v) is 8.72. The number of anilines is 1. The Bertz CT molecular complexity index is 347. The zero-order chi connectivity index (χ0) is 10.8. The summed E-state index contributed by atoms with van der Waals surface area (Å²) < 4.78 is 5.34. The Balaban J connectivity index is 2.17. The van der Waals surface area contributed by atoms with Gasteiger partial charge in [-0.15, -0.1) is 0 Å². The fourth-order valence-electron chi connectivity index (χ4n) is 1.95. The Labute approximate surface area is 88.5 Å². The van der Waals surface area contributed by atoms with E-state index in [9.17, 15) is 9.90 Å². The molecule has 1 fully saturated rings. The molecular weight excluding hydrogens is 194 g/mol. The van der Waals surface area contributed by atoms with Gasteiger partial charge in [0.1, 0.15) is 0 Å². The molecule has 1 aliphatic rings. The first kappa shape index (κ1) is 10.2. The number of piperidine rings is 1. The highest BCUT2D eigenvalue weighted by molar-refractivity contribution is 5.71. The highest BCUT2D eigenvalue weighted by atomic mass is 16.4. The lowest BCUT2D eigenvalue weighted by atomic mass is 10.0. The van der Waals surface area contributed by atoms with Crippen molar-refractivity contribution in [2.45, 2.75) is 31.9 Å². The third kappa shape index (κ3) is 2.04. The Morgan fingerprint density at radius 3 is 3.00 bits per heavy atom. The maximum absolute atomic E-state index is 10.5. The molecule has 0 bridgehead atoms. The van der Waals surface area contributed by atoms with Crippen LogP contribution in [0.1, 0.15) is 30.3 Å². The SMILES string of the molecule is C[C@@H]1CC[C@H](O)CN1c1ccc(C=O)o1. The molecule has 2 heterocycles. The van der Waals surface area contributed by atoms with Crippen molar-refractivity contribution in [2.75, 3.05) is 11.4 Å². The van der Waals surface area contributed by atoms with E-state index < -0.39 is 0 Å². The van der Waals surface area contributed by atoms with Gasteiger partial charge in [0, 0.05) is 18.7 Å². The molecule has 0 saturated carbocycles. The molecule has 0 aromatic carbocycles. The van der Waals surface area contributed by atoms with E-state index in [-0.39, 0.29) is 6.10 Å². The number of rotatable bonds is 2. The maximum atomic E-state index is 10.5. The van der Waals surface area contributed by atoms with Gasteiger partial charge in [-0.3, -0.25) is 4.79 Å². The van der Waals surface area contributed by atoms with E-state index in [0.717, 1.165) is 12.8 Å². The first-order valence-electron chi connectivity index (χ1n) is 5.20. The minimum absolute atomic E-state index is 0.300. The van der Waals surface area contributed by atoms with Crippen LogP contribution in [0, 0.1) is 0 Å². The molecule has 0 unspecified atom stereocenters. The predicted octanol–water partition coefficient (Wildman–Crippen LogP) is 1.44. The van der Waals surface area contributed by atoms with Crippen molar-refractivity contribution in [3.8, 4) is 0 Å². The highest BCUT2D eigenvalue weighted by Crippen LogP contribution is 2.26. The van der Waals surface area contributed by atoms with E-state index in [1.807, 2.05) is 4.90 Å². The van der Waals surface area contributed by atoms with Crippen LogP contribution in [0.5, 0.6) is 0 Å². The summed E-state index contributed by atoms with van der Waals surface area (Å²) in [6.07, 6.45) is 2.16. The van der Waals surface area contributed by atoms with Gasteiger partial charge in [-0.2, -0.15) is 0 Å². The summed E-state index contributed by atoms with van der Waals surface area (Å²) in [4.78, 5) is 12.5. The Morgan fingerprint density at radius 1 is 1.53 bits per heavy atom. The molecule has 1 aromatic heterocycles. The monoisotopic (exact) mass is 209 g/mol. The maximum Gasteiger partial charge on any atom is 0.196 e. The topological polar surface area (TPSA) is 53.7 Å². The van der Waals surface area contributed by atoms with Crippen molar-refractivity contribution in [3.63, 3.8) is 0 Å². The van der Waals surface area contributed by atoms with Crippen LogP contribution in [0.25, 0.3) is 0 Å². The number of nitrogens with zero attached hydrogens (tertiary/aromatic N) is 1. The minimum atomic E-state index is -0.300. The molecule has 4 heteroatoms. The molecule has 0 amide bonds.